The van der Waals surface area contributed by atoms with Crippen molar-refractivity contribution in [2.75, 3.05) is 27.4 Å². The van der Waals surface area contributed by atoms with Crippen molar-refractivity contribution in [3.63, 3.8) is 0 Å². The number of benzene rings is 1. The molecule has 0 saturated heterocycles. The van der Waals surface area contributed by atoms with Gasteiger partial charge in [0.15, 0.2) is 0 Å². The lowest BCUT2D eigenvalue weighted by atomic mass is 9.99. The Hall–Kier alpha value is -1.91. The minimum atomic E-state index is 0.200. The van der Waals surface area contributed by atoms with E-state index in [1.54, 1.807) is 7.11 Å². The summed E-state index contributed by atoms with van der Waals surface area (Å²) in [5, 5.41) is 3.37. The Morgan fingerprint density at radius 2 is 1.86 bits per heavy atom. The topological polar surface area (TPSA) is 43.4 Å². The largest absolute Gasteiger partial charge is 0.491 e. The Morgan fingerprint density at radius 3 is 2.57 bits per heavy atom. The van der Waals surface area contributed by atoms with Crippen LogP contribution in [0.3, 0.4) is 0 Å². The molecule has 2 rings (SSSR count). The first-order chi connectivity index (χ1) is 10.3. The van der Waals surface area contributed by atoms with Crippen LogP contribution >= 0.6 is 0 Å². The molecule has 4 heteroatoms. The predicted molar refractivity (Wildman–Crippen MR) is 83.6 cm³/mol. The van der Waals surface area contributed by atoms with Gasteiger partial charge in [-0.25, -0.2) is 0 Å². The van der Waals surface area contributed by atoms with Crippen molar-refractivity contribution >= 4 is 0 Å². The molecule has 1 aromatic heterocycles. The molecule has 0 bridgehead atoms. The highest BCUT2D eigenvalue weighted by Crippen LogP contribution is 2.27. The molecule has 0 aliphatic heterocycles. The third kappa shape index (κ3) is 4.55. The molecule has 1 aromatic carbocycles. The van der Waals surface area contributed by atoms with Gasteiger partial charge in [-0.05, 0) is 37.2 Å². The Morgan fingerprint density at radius 1 is 1.10 bits per heavy atom. The van der Waals surface area contributed by atoms with Gasteiger partial charge in [0.05, 0.1) is 6.61 Å². The van der Waals surface area contributed by atoms with E-state index < -0.39 is 0 Å². The van der Waals surface area contributed by atoms with Gasteiger partial charge in [-0.15, -0.1) is 0 Å². The van der Waals surface area contributed by atoms with Gasteiger partial charge in [0.1, 0.15) is 12.4 Å². The van der Waals surface area contributed by atoms with E-state index in [9.17, 15) is 0 Å². The number of para-hydroxylation sites is 1. The Balaban J connectivity index is 2.13. The smallest absolute Gasteiger partial charge is 0.124 e. The summed E-state index contributed by atoms with van der Waals surface area (Å²) >= 11 is 0. The third-order valence-corrected chi connectivity index (χ3v) is 3.38. The molecule has 1 N–H and O–H groups in total. The van der Waals surface area contributed by atoms with E-state index in [0.717, 1.165) is 17.7 Å². The Bertz CT molecular complexity index is 531. The van der Waals surface area contributed by atoms with Crippen molar-refractivity contribution in [3.05, 3.63) is 59.9 Å². The number of ether oxygens (including phenoxy) is 2. The molecule has 112 valence electrons. The van der Waals surface area contributed by atoms with Crippen LogP contribution in [-0.4, -0.2) is 32.4 Å². The molecule has 0 aliphatic rings. The monoisotopic (exact) mass is 286 g/mol. The lowest BCUT2D eigenvalue weighted by Gasteiger charge is -2.20. The van der Waals surface area contributed by atoms with Crippen LogP contribution in [0.5, 0.6) is 5.75 Å². The van der Waals surface area contributed by atoms with Crippen LogP contribution in [0.2, 0.25) is 0 Å². The Labute approximate surface area is 126 Å². The second kappa shape index (κ2) is 8.39. The molecular weight excluding hydrogens is 264 g/mol. The number of aromatic nitrogens is 1. The van der Waals surface area contributed by atoms with Crippen LogP contribution in [0.15, 0.2) is 48.8 Å². The van der Waals surface area contributed by atoms with E-state index in [1.165, 1.54) is 5.56 Å². The van der Waals surface area contributed by atoms with Gasteiger partial charge in [0.25, 0.3) is 0 Å². The van der Waals surface area contributed by atoms with Crippen molar-refractivity contribution in [3.8, 4) is 5.75 Å². The van der Waals surface area contributed by atoms with Crippen LogP contribution in [-0.2, 0) is 11.2 Å². The number of nitrogens with zero attached hydrogens (tertiary/aromatic N) is 1. The molecule has 0 saturated carbocycles. The normalized spacial score (nSPS) is 12.1. The van der Waals surface area contributed by atoms with Crippen LogP contribution < -0.4 is 10.1 Å². The first-order valence-corrected chi connectivity index (χ1v) is 7.12. The van der Waals surface area contributed by atoms with Crippen molar-refractivity contribution in [1.82, 2.24) is 10.3 Å². The molecular formula is C17H22N2O2. The SMILES string of the molecule is CNC(Cc1ccncc1)c1ccccc1OCCOC. The quantitative estimate of drug-likeness (QED) is 0.758. The summed E-state index contributed by atoms with van der Waals surface area (Å²) in [7, 11) is 3.65. The molecule has 0 fully saturated rings. The van der Waals surface area contributed by atoms with E-state index in [0.29, 0.717) is 13.2 Å². The number of hydrogen-bond acceptors (Lipinski definition) is 4. The van der Waals surface area contributed by atoms with Gasteiger partial charge >= 0.3 is 0 Å². The van der Waals surface area contributed by atoms with Crippen molar-refractivity contribution in [1.29, 1.82) is 0 Å². The molecule has 21 heavy (non-hydrogen) atoms. The van der Waals surface area contributed by atoms with E-state index >= 15 is 0 Å². The van der Waals surface area contributed by atoms with Gasteiger partial charge < -0.3 is 14.8 Å². The molecule has 1 unspecified atom stereocenters. The number of nitrogens with one attached hydrogen (secondary N) is 1. The summed E-state index contributed by atoms with van der Waals surface area (Å²) in [6.07, 6.45) is 4.54. The number of likely N-dealkylation sites (N-methyl/N-ethyl adjacent to an activating group) is 1. The second-order valence-corrected chi connectivity index (χ2v) is 4.78. The van der Waals surface area contributed by atoms with E-state index in [2.05, 4.69) is 16.4 Å². The summed E-state index contributed by atoms with van der Waals surface area (Å²) in [4.78, 5) is 4.06. The first kappa shape index (κ1) is 15.5. The number of hydrogen-bond donors (Lipinski definition) is 1. The number of pyridine rings is 1. The summed E-state index contributed by atoms with van der Waals surface area (Å²) in [6.45, 7) is 1.14. The molecule has 1 atom stereocenters. The Kier molecular flexibility index (Phi) is 6.19. The van der Waals surface area contributed by atoms with Gasteiger partial charge in [0.2, 0.25) is 0 Å². The zero-order chi connectivity index (χ0) is 14.9. The van der Waals surface area contributed by atoms with Gasteiger partial charge in [-0.1, -0.05) is 18.2 Å². The van der Waals surface area contributed by atoms with Gasteiger partial charge in [-0.3, -0.25) is 4.98 Å². The highest BCUT2D eigenvalue weighted by Gasteiger charge is 2.14. The maximum atomic E-state index is 5.82. The number of methoxy groups -OCH3 is 1. The first-order valence-electron chi connectivity index (χ1n) is 7.12. The highest BCUT2D eigenvalue weighted by atomic mass is 16.5. The van der Waals surface area contributed by atoms with E-state index in [-0.39, 0.29) is 6.04 Å². The maximum Gasteiger partial charge on any atom is 0.124 e. The van der Waals surface area contributed by atoms with Crippen LogP contribution in [0.25, 0.3) is 0 Å². The molecule has 0 spiro atoms. The zero-order valence-electron chi connectivity index (χ0n) is 12.6. The van der Waals surface area contributed by atoms with E-state index in [1.807, 2.05) is 49.8 Å². The fraction of sp³-hybridized carbons (Fsp3) is 0.353. The van der Waals surface area contributed by atoms with E-state index in [4.69, 9.17) is 9.47 Å². The lowest BCUT2D eigenvalue weighted by molar-refractivity contribution is 0.145. The van der Waals surface area contributed by atoms with Crippen LogP contribution in [0, 0.1) is 0 Å². The van der Waals surface area contributed by atoms with Crippen molar-refractivity contribution in [2.24, 2.45) is 0 Å². The summed E-state index contributed by atoms with van der Waals surface area (Å²) < 4.78 is 10.9. The average molecular weight is 286 g/mol. The minimum Gasteiger partial charge on any atom is -0.491 e. The fourth-order valence-corrected chi connectivity index (χ4v) is 2.26. The standard InChI is InChI=1S/C17H22N2O2/c1-18-16(13-14-7-9-19-10-8-14)15-5-3-4-6-17(15)21-12-11-20-2/h3-10,16,18H,11-13H2,1-2H3. The summed E-state index contributed by atoms with van der Waals surface area (Å²) in [5.41, 5.74) is 2.41. The molecule has 0 amide bonds. The lowest BCUT2D eigenvalue weighted by Crippen LogP contribution is -2.20. The highest BCUT2D eigenvalue weighted by molar-refractivity contribution is 5.37. The summed E-state index contributed by atoms with van der Waals surface area (Å²) in [6, 6.07) is 12.4. The molecule has 0 radical (unpaired) electrons. The zero-order valence-corrected chi connectivity index (χ0v) is 12.6. The second-order valence-electron chi connectivity index (χ2n) is 4.78. The van der Waals surface area contributed by atoms with Gasteiger partial charge in [0, 0.05) is 31.1 Å². The van der Waals surface area contributed by atoms with Crippen molar-refractivity contribution < 1.29 is 9.47 Å². The number of rotatable bonds is 8. The predicted octanol–water partition coefficient (Wildman–Crippen LogP) is 2.61. The third-order valence-electron chi connectivity index (χ3n) is 3.38. The average Bonchev–Trinajstić information content (AvgIpc) is 2.54. The molecule has 1 heterocycles. The summed E-state index contributed by atoms with van der Waals surface area (Å²) in [5.74, 6) is 0.906. The minimum absolute atomic E-state index is 0.200. The maximum absolute atomic E-state index is 5.82. The fourth-order valence-electron chi connectivity index (χ4n) is 2.26. The van der Waals surface area contributed by atoms with Gasteiger partial charge in [-0.2, -0.15) is 0 Å². The molecule has 2 aromatic rings. The molecule has 4 nitrogen and oxygen atoms in total. The van der Waals surface area contributed by atoms with Crippen LogP contribution in [0.4, 0.5) is 0 Å². The molecule has 0 aliphatic carbocycles. The van der Waals surface area contributed by atoms with Crippen LogP contribution in [0.1, 0.15) is 17.2 Å². The van der Waals surface area contributed by atoms with Crippen molar-refractivity contribution in [2.45, 2.75) is 12.5 Å².